The lowest BCUT2D eigenvalue weighted by Crippen LogP contribution is -2.05. The van der Waals surface area contributed by atoms with Gasteiger partial charge in [0, 0.05) is 5.56 Å². The van der Waals surface area contributed by atoms with Gasteiger partial charge < -0.3 is 10.8 Å². The van der Waals surface area contributed by atoms with Crippen molar-refractivity contribution in [3.8, 4) is 11.1 Å². The van der Waals surface area contributed by atoms with Gasteiger partial charge in [-0.15, -0.1) is 0 Å². The maximum atomic E-state index is 11.0. The molecule has 0 aliphatic rings. The molecule has 0 bridgehead atoms. The van der Waals surface area contributed by atoms with E-state index < -0.39 is 5.97 Å². The summed E-state index contributed by atoms with van der Waals surface area (Å²) in [4.78, 5) is 14.8. The molecule has 2 aromatic rings. The van der Waals surface area contributed by atoms with Crippen LogP contribution in [0.3, 0.4) is 0 Å². The summed E-state index contributed by atoms with van der Waals surface area (Å²) < 4.78 is 0. The van der Waals surface area contributed by atoms with E-state index in [1.54, 1.807) is 12.1 Å². The van der Waals surface area contributed by atoms with E-state index in [0.29, 0.717) is 5.56 Å². The monoisotopic (exact) mass is 220 g/mol. The molecule has 0 atom stereocenters. The zero-order chi connectivity index (χ0) is 10.8. The van der Waals surface area contributed by atoms with Crippen molar-refractivity contribution in [2.45, 2.75) is 0 Å². The Morgan fingerprint density at radius 1 is 1.40 bits per heavy atom. The lowest BCUT2D eigenvalue weighted by atomic mass is 10.1. The standard InChI is InChI=1S/C10H8N2O2S/c11-8-2-1-7(6-3-4-15-5-6)9(12-8)10(13)14/h1-5H,(H2,11,12)(H,13,14). The first-order valence-electron chi connectivity index (χ1n) is 4.21. The molecule has 0 unspecified atom stereocenters. The van der Waals surface area contributed by atoms with Gasteiger partial charge >= 0.3 is 5.97 Å². The number of thiophene rings is 1. The highest BCUT2D eigenvalue weighted by molar-refractivity contribution is 7.08. The topological polar surface area (TPSA) is 76.2 Å². The second-order valence-corrected chi connectivity index (χ2v) is 3.73. The molecule has 76 valence electrons. The van der Waals surface area contributed by atoms with Gasteiger partial charge in [0.2, 0.25) is 0 Å². The van der Waals surface area contributed by atoms with Crippen LogP contribution in [0.25, 0.3) is 11.1 Å². The van der Waals surface area contributed by atoms with Crippen LogP contribution in [0.15, 0.2) is 29.0 Å². The highest BCUT2D eigenvalue weighted by atomic mass is 32.1. The van der Waals surface area contributed by atoms with E-state index in [-0.39, 0.29) is 11.5 Å². The van der Waals surface area contributed by atoms with E-state index >= 15 is 0 Å². The first-order chi connectivity index (χ1) is 7.18. The molecule has 2 heterocycles. The summed E-state index contributed by atoms with van der Waals surface area (Å²) in [6.07, 6.45) is 0. The van der Waals surface area contributed by atoms with E-state index in [2.05, 4.69) is 4.98 Å². The number of carboxylic acid groups (broad SMARTS) is 1. The minimum Gasteiger partial charge on any atom is -0.476 e. The lowest BCUT2D eigenvalue weighted by molar-refractivity contribution is 0.0691. The fourth-order valence-corrected chi connectivity index (χ4v) is 1.94. The second kappa shape index (κ2) is 3.70. The molecular formula is C10H8N2O2S. The van der Waals surface area contributed by atoms with Gasteiger partial charge in [-0.2, -0.15) is 11.3 Å². The van der Waals surface area contributed by atoms with Crippen molar-refractivity contribution < 1.29 is 9.90 Å². The molecule has 0 amide bonds. The van der Waals surface area contributed by atoms with Crippen LogP contribution < -0.4 is 5.73 Å². The van der Waals surface area contributed by atoms with Crippen LogP contribution in [-0.2, 0) is 0 Å². The molecule has 0 fully saturated rings. The predicted octanol–water partition coefficient (Wildman–Crippen LogP) is 2.09. The molecule has 3 N–H and O–H groups in total. The van der Waals surface area contributed by atoms with Crippen molar-refractivity contribution in [1.82, 2.24) is 4.98 Å². The van der Waals surface area contributed by atoms with E-state index in [4.69, 9.17) is 10.8 Å². The van der Waals surface area contributed by atoms with Gasteiger partial charge in [-0.25, -0.2) is 9.78 Å². The minimum atomic E-state index is -1.07. The van der Waals surface area contributed by atoms with Crippen LogP contribution in [0.2, 0.25) is 0 Å². The Hall–Kier alpha value is -1.88. The number of aromatic carboxylic acids is 1. The van der Waals surface area contributed by atoms with Gasteiger partial charge in [-0.05, 0) is 34.5 Å². The highest BCUT2D eigenvalue weighted by Crippen LogP contribution is 2.25. The molecule has 15 heavy (non-hydrogen) atoms. The first kappa shape index (κ1) is 9.67. The summed E-state index contributed by atoms with van der Waals surface area (Å²) in [7, 11) is 0. The SMILES string of the molecule is Nc1ccc(-c2ccsc2)c(C(=O)O)n1. The number of hydrogen-bond acceptors (Lipinski definition) is 4. The third kappa shape index (κ3) is 1.82. The number of carbonyl (C=O) groups is 1. The fourth-order valence-electron chi connectivity index (χ4n) is 1.29. The molecule has 0 aliphatic carbocycles. The second-order valence-electron chi connectivity index (χ2n) is 2.95. The molecule has 2 aromatic heterocycles. The number of hydrogen-bond donors (Lipinski definition) is 2. The van der Waals surface area contributed by atoms with Gasteiger partial charge in [0.15, 0.2) is 5.69 Å². The van der Waals surface area contributed by atoms with Crippen LogP contribution in [0, 0.1) is 0 Å². The summed E-state index contributed by atoms with van der Waals surface area (Å²) in [6.45, 7) is 0. The van der Waals surface area contributed by atoms with Gasteiger partial charge in [-0.3, -0.25) is 0 Å². The molecular weight excluding hydrogens is 212 g/mol. The van der Waals surface area contributed by atoms with Crippen LogP contribution in [-0.4, -0.2) is 16.1 Å². The van der Waals surface area contributed by atoms with Gasteiger partial charge in [-0.1, -0.05) is 0 Å². The maximum absolute atomic E-state index is 11.0. The lowest BCUT2D eigenvalue weighted by Gasteiger charge is -2.03. The predicted molar refractivity (Wildman–Crippen MR) is 58.9 cm³/mol. The number of pyridine rings is 1. The fraction of sp³-hybridized carbons (Fsp3) is 0. The van der Waals surface area contributed by atoms with Gasteiger partial charge in [0.05, 0.1) is 0 Å². The quantitative estimate of drug-likeness (QED) is 0.812. The van der Waals surface area contributed by atoms with Crippen LogP contribution in [0.1, 0.15) is 10.5 Å². The Labute approximate surface area is 90.0 Å². The first-order valence-corrected chi connectivity index (χ1v) is 5.15. The number of anilines is 1. The van der Waals surface area contributed by atoms with E-state index in [1.807, 2.05) is 16.8 Å². The minimum absolute atomic E-state index is 0.00611. The molecule has 0 spiro atoms. The van der Waals surface area contributed by atoms with Crippen molar-refractivity contribution in [1.29, 1.82) is 0 Å². The average Bonchev–Trinajstić information content (AvgIpc) is 2.70. The number of nitrogen functional groups attached to an aromatic ring is 1. The van der Waals surface area contributed by atoms with Crippen LogP contribution in [0.5, 0.6) is 0 Å². The molecule has 0 saturated carbocycles. The van der Waals surface area contributed by atoms with Crippen LogP contribution in [0.4, 0.5) is 5.82 Å². The number of nitrogens with zero attached hydrogens (tertiary/aromatic N) is 1. The molecule has 0 aromatic carbocycles. The number of aromatic nitrogens is 1. The largest absolute Gasteiger partial charge is 0.476 e. The van der Waals surface area contributed by atoms with Gasteiger partial charge in [0.1, 0.15) is 5.82 Å². The number of carboxylic acids is 1. The zero-order valence-corrected chi connectivity index (χ0v) is 8.49. The third-order valence-electron chi connectivity index (χ3n) is 1.95. The molecule has 4 nitrogen and oxygen atoms in total. The molecule has 0 saturated heterocycles. The Balaban J connectivity index is 2.61. The Morgan fingerprint density at radius 3 is 2.80 bits per heavy atom. The molecule has 0 aliphatic heterocycles. The Kier molecular flexibility index (Phi) is 2.39. The molecule has 2 rings (SSSR count). The van der Waals surface area contributed by atoms with E-state index in [9.17, 15) is 4.79 Å². The Morgan fingerprint density at radius 2 is 2.20 bits per heavy atom. The summed E-state index contributed by atoms with van der Waals surface area (Å²) in [5, 5.41) is 12.7. The van der Waals surface area contributed by atoms with E-state index in [1.165, 1.54) is 11.3 Å². The highest BCUT2D eigenvalue weighted by Gasteiger charge is 2.13. The summed E-state index contributed by atoms with van der Waals surface area (Å²) in [5.74, 6) is -0.852. The maximum Gasteiger partial charge on any atom is 0.355 e. The normalized spacial score (nSPS) is 10.1. The molecule has 5 heteroatoms. The average molecular weight is 220 g/mol. The third-order valence-corrected chi connectivity index (χ3v) is 2.63. The zero-order valence-electron chi connectivity index (χ0n) is 7.68. The number of rotatable bonds is 2. The number of nitrogens with two attached hydrogens (primary N) is 1. The van der Waals surface area contributed by atoms with Crippen molar-refractivity contribution in [2.24, 2.45) is 0 Å². The van der Waals surface area contributed by atoms with Crippen molar-refractivity contribution in [3.05, 3.63) is 34.7 Å². The molecule has 0 radical (unpaired) electrons. The van der Waals surface area contributed by atoms with Crippen molar-refractivity contribution in [2.75, 3.05) is 5.73 Å². The summed E-state index contributed by atoms with van der Waals surface area (Å²) in [5.41, 5.74) is 6.89. The Bertz CT molecular complexity index is 494. The van der Waals surface area contributed by atoms with Crippen molar-refractivity contribution in [3.63, 3.8) is 0 Å². The summed E-state index contributed by atoms with van der Waals surface area (Å²) in [6, 6.07) is 5.12. The smallest absolute Gasteiger partial charge is 0.355 e. The van der Waals surface area contributed by atoms with Crippen molar-refractivity contribution >= 4 is 23.1 Å². The van der Waals surface area contributed by atoms with Crippen LogP contribution >= 0.6 is 11.3 Å². The summed E-state index contributed by atoms with van der Waals surface area (Å²) >= 11 is 1.51. The van der Waals surface area contributed by atoms with Gasteiger partial charge in [0.25, 0.3) is 0 Å². The van der Waals surface area contributed by atoms with E-state index in [0.717, 1.165) is 5.56 Å².